The van der Waals surface area contributed by atoms with Crippen LogP contribution in [0, 0.1) is 11.8 Å². The van der Waals surface area contributed by atoms with Crippen molar-refractivity contribution in [3.05, 3.63) is 46.6 Å². The molecule has 0 aliphatic carbocycles. The fourth-order valence-corrected chi connectivity index (χ4v) is 2.94. The molecule has 5 nitrogen and oxygen atoms in total. The van der Waals surface area contributed by atoms with E-state index in [9.17, 15) is 4.79 Å². The van der Waals surface area contributed by atoms with Gasteiger partial charge in [0.25, 0.3) is 0 Å². The fourth-order valence-electron chi connectivity index (χ4n) is 2.94. The summed E-state index contributed by atoms with van der Waals surface area (Å²) in [5, 5.41) is 8.01. The number of piperidine rings is 1. The van der Waals surface area contributed by atoms with Gasteiger partial charge in [-0.05, 0) is 31.5 Å². The Morgan fingerprint density at radius 2 is 2.13 bits per heavy atom. The molecule has 1 saturated heterocycles. The molecule has 1 aromatic heterocycles. The molecule has 1 atom stereocenters. The second-order valence-corrected chi connectivity index (χ2v) is 5.72. The minimum Gasteiger partial charge on any atom is -0.316 e. The molecule has 1 fully saturated rings. The van der Waals surface area contributed by atoms with Crippen LogP contribution in [0.1, 0.15) is 37.9 Å². The summed E-state index contributed by atoms with van der Waals surface area (Å²) in [6.45, 7) is 4.25. The zero-order valence-electron chi connectivity index (χ0n) is 13.5. The van der Waals surface area contributed by atoms with Crippen LogP contribution < -0.4 is 11.0 Å². The average molecular weight is 310 g/mol. The number of nitrogens with one attached hydrogen (secondary N) is 1. The van der Waals surface area contributed by atoms with Gasteiger partial charge in [0.05, 0.1) is 5.69 Å². The first-order valence-electron chi connectivity index (χ1n) is 8.23. The van der Waals surface area contributed by atoms with Crippen molar-refractivity contribution in [1.29, 1.82) is 0 Å². The van der Waals surface area contributed by atoms with Crippen molar-refractivity contribution in [3.63, 3.8) is 0 Å². The van der Waals surface area contributed by atoms with Gasteiger partial charge in [-0.1, -0.05) is 31.0 Å². The first kappa shape index (κ1) is 15.6. The van der Waals surface area contributed by atoms with Gasteiger partial charge in [0, 0.05) is 18.9 Å². The van der Waals surface area contributed by atoms with Gasteiger partial charge in [-0.3, -0.25) is 0 Å². The van der Waals surface area contributed by atoms with E-state index in [1.807, 2.05) is 37.3 Å². The molecular weight excluding hydrogens is 288 g/mol. The fraction of sp³-hybridized carbons (Fsp3) is 0.444. The third-order valence-corrected chi connectivity index (χ3v) is 4.07. The molecule has 1 aliphatic rings. The van der Waals surface area contributed by atoms with Gasteiger partial charge in [-0.15, -0.1) is 5.92 Å². The molecule has 1 aromatic carbocycles. The summed E-state index contributed by atoms with van der Waals surface area (Å²) >= 11 is 0. The van der Waals surface area contributed by atoms with Gasteiger partial charge in [0.15, 0.2) is 0 Å². The zero-order valence-corrected chi connectivity index (χ0v) is 13.5. The molecule has 2 heterocycles. The molecule has 0 spiro atoms. The lowest BCUT2D eigenvalue weighted by Gasteiger charge is -2.22. The number of aromatic nitrogens is 3. The van der Waals surface area contributed by atoms with Crippen LogP contribution in [0.3, 0.4) is 0 Å². The van der Waals surface area contributed by atoms with Crippen LogP contribution >= 0.6 is 0 Å². The third kappa shape index (κ3) is 3.38. The summed E-state index contributed by atoms with van der Waals surface area (Å²) in [5.74, 6) is 7.11. The summed E-state index contributed by atoms with van der Waals surface area (Å²) in [7, 11) is 0. The Bertz CT molecular complexity index is 758. The second-order valence-electron chi connectivity index (χ2n) is 5.72. The molecule has 2 aromatic rings. The van der Waals surface area contributed by atoms with Gasteiger partial charge < -0.3 is 5.32 Å². The number of rotatable bonds is 3. The summed E-state index contributed by atoms with van der Waals surface area (Å²) < 4.78 is 3.23. The quantitative estimate of drug-likeness (QED) is 0.881. The van der Waals surface area contributed by atoms with E-state index < -0.39 is 0 Å². The minimum atomic E-state index is -0.109. The number of hydrogen-bond acceptors (Lipinski definition) is 3. The monoisotopic (exact) mass is 310 g/mol. The number of para-hydroxylation sites is 1. The van der Waals surface area contributed by atoms with Crippen LogP contribution in [0.2, 0.25) is 0 Å². The predicted octanol–water partition coefficient (Wildman–Crippen LogP) is 1.91. The molecule has 23 heavy (non-hydrogen) atoms. The van der Waals surface area contributed by atoms with Crippen molar-refractivity contribution in [1.82, 2.24) is 19.7 Å². The van der Waals surface area contributed by atoms with E-state index >= 15 is 0 Å². The van der Waals surface area contributed by atoms with Crippen molar-refractivity contribution >= 4 is 0 Å². The lowest BCUT2D eigenvalue weighted by atomic mass is 9.99. The standard InChI is InChI=1S/C18H22N4O/c1-2-3-7-13-21-18(23)22(16-10-5-4-6-11-16)17(20-21)15-9-8-12-19-14-15/h4-6,10-11,15,19H,2,8-9,12-14H2,1H3. The van der Waals surface area contributed by atoms with Gasteiger partial charge in [-0.2, -0.15) is 5.10 Å². The van der Waals surface area contributed by atoms with Crippen LogP contribution in [-0.2, 0) is 6.54 Å². The number of nitrogens with zero attached hydrogens (tertiary/aromatic N) is 3. The Morgan fingerprint density at radius 3 is 2.83 bits per heavy atom. The maximum atomic E-state index is 12.8. The highest BCUT2D eigenvalue weighted by Gasteiger charge is 2.24. The van der Waals surface area contributed by atoms with Crippen LogP contribution in [0.4, 0.5) is 0 Å². The van der Waals surface area contributed by atoms with E-state index in [1.165, 1.54) is 4.68 Å². The first-order valence-corrected chi connectivity index (χ1v) is 8.23. The van der Waals surface area contributed by atoms with Crippen LogP contribution in [0.5, 0.6) is 0 Å². The summed E-state index contributed by atoms with van der Waals surface area (Å²) in [6, 6.07) is 9.74. The van der Waals surface area contributed by atoms with E-state index in [4.69, 9.17) is 0 Å². The van der Waals surface area contributed by atoms with Crippen molar-refractivity contribution in [2.45, 2.75) is 38.6 Å². The molecule has 1 N–H and O–H groups in total. The van der Waals surface area contributed by atoms with Gasteiger partial charge in [0.1, 0.15) is 12.4 Å². The van der Waals surface area contributed by atoms with Gasteiger partial charge in [-0.25, -0.2) is 14.0 Å². The number of hydrogen-bond donors (Lipinski definition) is 1. The van der Waals surface area contributed by atoms with Gasteiger partial charge in [0.2, 0.25) is 0 Å². The largest absolute Gasteiger partial charge is 0.351 e. The van der Waals surface area contributed by atoms with Crippen molar-refractivity contribution in [2.24, 2.45) is 0 Å². The van der Waals surface area contributed by atoms with E-state index in [-0.39, 0.29) is 11.6 Å². The summed E-state index contributed by atoms with van der Waals surface area (Å²) in [6.07, 6.45) is 2.95. The molecule has 0 saturated carbocycles. The summed E-state index contributed by atoms with van der Waals surface area (Å²) in [5.41, 5.74) is 0.759. The Hall–Kier alpha value is -2.32. The second kappa shape index (κ2) is 7.30. The van der Waals surface area contributed by atoms with Gasteiger partial charge >= 0.3 is 5.69 Å². The summed E-state index contributed by atoms with van der Waals surface area (Å²) in [4.78, 5) is 12.8. The SMILES string of the molecule is CCC#CCn1nc(C2CCCNC2)n(-c2ccccc2)c1=O. The van der Waals surface area contributed by atoms with Crippen LogP contribution in [0.15, 0.2) is 35.1 Å². The smallest absolute Gasteiger partial charge is 0.316 e. The molecule has 0 bridgehead atoms. The zero-order chi connectivity index (χ0) is 16.1. The minimum absolute atomic E-state index is 0.109. The number of benzene rings is 1. The maximum Gasteiger partial charge on any atom is 0.351 e. The highest BCUT2D eigenvalue weighted by Crippen LogP contribution is 2.22. The van der Waals surface area contributed by atoms with Crippen molar-refractivity contribution in [2.75, 3.05) is 13.1 Å². The molecule has 3 rings (SSSR count). The van der Waals surface area contributed by atoms with E-state index in [1.54, 1.807) is 4.57 Å². The Balaban J connectivity index is 2.05. The first-order chi connectivity index (χ1) is 11.3. The Morgan fingerprint density at radius 1 is 1.30 bits per heavy atom. The molecule has 120 valence electrons. The highest BCUT2D eigenvalue weighted by molar-refractivity contribution is 5.33. The topological polar surface area (TPSA) is 51.9 Å². The molecule has 1 aliphatic heterocycles. The molecular formula is C18H22N4O. The normalized spacial score (nSPS) is 17.5. The average Bonchev–Trinajstić information content (AvgIpc) is 2.93. The van der Waals surface area contributed by atoms with E-state index in [2.05, 4.69) is 22.3 Å². The molecule has 1 unspecified atom stereocenters. The molecule has 0 radical (unpaired) electrons. The third-order valence-electron chi connectivity index (χ3n) is 4.07. The lowest BCUT2D eigenvalue weighted by molar-refractivity contribution is 0.440. The van der Waals surface area contributed by atoms with Crippen molar-refractivity contribution in [3.8, 4) is 17.5 Å². The Labute approximate surface area is 136 Å². The van der Waals surface area contributed by atoms with Crippen LogP contribution in [-0.4, -0.2) is 27.4 Å². The molecule has 5 heteroatoms. The predicted molar refractivity (Wildman–Crippen MR) is 90.7 cm³/mol. The maximum absolute atomic E-state index is 12.8. The lowest BCUT2D eigenvalue weighted by Crippen LogP contribution is -2.31. The van der Waals surface area contributed by atoms with Crippen molar-refractivity contribution < 1.29 is 0 Å². The van der Waals surface area contributed by atoms with E-state index in [0.29, 0.717) is 6.54 Å². The van der Waals surface area contributed by atoms with Crippen LogP contribution in [0.25, 0.3) is 5.69 Å². The van der Waals surface area contributed by atoms with E-state index in [0.717, 1.165) is 43.9 Å². The molecule has 0 amide bonds. The Kier molecular flexibility index (Phi) is 4.94. The highest BCUT2D eigenvalue weighted by atomic mass is 16.2.